The number of rotatable bonds is 51. The highest BCUT2D eigenvalue weighted by Gasteiger charge is 2.16. The zero-order valence-corrected chi connectivity index (χ0v) is 44.0. The van der Waals surface area contributed by atoms with Gasteiger partial charge in [0, 0.05) is 25.9 Å². The second-order valence-electron chi connectivity index (χ2n) is 20.7. The van der Waals surface area contributed by atoms with E-state index in [1.807, 2.05) is 0 Å². The summed E-state index contributed by atoms with van der Waals surface area (Å²) in [5.41, 5.74) is 0. The van der Waals surface area contributed by atoms with E-state index < -0.39 is 0 Å². The Morgan fingerprint density at radius 1 is 0.391 bits per heavy atom. The Morgan fingerprint density at radius 3 is 1.02 bits per heavy atom. The molecule has 0 amide bonds. The van der Waals surface area contributed by atoms with Gasteiger partial charge in [0.2, 0.25) is 0 Å². The van der Waals surface area contributed by atoms with Crippen molar-refractivity contribution < 1.29 is 19.1 Å². The minimum atomic E-state index is 0.0186. The van der Waals surface area contributed by atoms with Gasteiger partial charge in [-0.3, -0.25) is 9.59 Å². The first-order chi connectivity index (χ1) is 31.5. The summed E-state index contributed by atoms with van der Waals surface area (Å²) in [5, 5.41) is 0. The van der Waals surface area contributed by atoms with Crippen LogP contribution in [0.25, 0.3) is 0 Å². The van der Waals surface area contributed by atoms with Crippen molar-refractivity contribution in [3.63, 3.8) is 0 Å². The molecule has 2 unspecified atom stereocenters. The number of esters is 2. The molecule has 0 N–H and O–H groups in total. The van der Waals surface area contributed by atoms with Crippen LogP contribution in [0.2, 0.25) is 0 Å². The van der Waals surface area contributed by atoms with Crippen molar-refractivity contribution in [1.29, 1.82) is 0 Å². The standard InChI is InChI=1S/C58H114N2O4/c1-5-9-13-17-21-23-27-33-43-55(41-31-25-19-15-11-7-3)53-63-57(61)45-35-29-37-47-59(51-52-60-49-39-40-50-60)48-38-30-36-46-58(62)64-54-56(42-32-26-20-16-12-8-4)44-34-28-24-22-18-14-10-6-2/h55-56H,5-54H2,1-4H3. The third kappa shape index (κ3) is 41.1. The third-order valence-corrected chi connectivity index (χ3v) is 14.5. The first-order valence-corrected chi connectivity index (χ1v) is 29.3. The predicted octanol–water partition coefficient (Wildman–Crippen LogP) is 17.4. The van der Waals surface area contributed by atoms with E-state index in [2.05, 4.69) is 37.5 Å². The van der Waals surface area contributed by atoms with Crippen molar-refractivity contribution in [3.05, 3.63) is 0 Å². The van der Waals surface area contributed by atoms with E-state index in [1.165, 1.54) is 231 Å². The molecule has 1 aliphatic rings. The summed E-state index contributed by atoms with van der Waals surface area (Å²) in [6.45, 7) is 17.4. The van der Waals surface area contributed by atoms with Gasteiger partial charge in [0.05, 0.1) is 13.2 Å². The fourth-order valence-electron chi connectivity index (χ4n) is 9.94. The SMILES string of the molecule is CCCCCCCCCCC(CCCCCCCC)COC(=O)CCCCCN(CCCCCC(=O)OCC(CCCCCCCC)CCCCCCCCCC)CCN1CCCC1. The van der Waals surface area contributed by atoms with Gasteiger partial charge in [-0.05, 0) is 102 Å². The number of unbranched alkanes of at least 4 members (excludes halogenated alkanes) is 28. The number of carbonyl (C=O) groups is 2. The monoisotopic (exact) mass is 903 g/mol. The fraction of sp³-hybridized carbons (Fsp3) is 0.966. The quantitative estimate of drug-likeness (QED) is 0.0448. The maximum atomic E-state index is 12.9. The third-order valence-electron chi connectivity index (χ3n) is 14.5. The van der Waals surface area contributed by atoms with Crippen molar-refractivity contribution in [1.82, 2.24) is 9.80 Å². The van der Waals surface area contributed by atoms with Crippen molar-refractivity contribution >= 4 is 11.9 Å². The van der Waals surface area contributed by atoms with Crippen LogP contribution >= 0.6 is 0 Å². The van der Waals surface area contributed by atoms with Gasteiger partial charge in [-0.1, -0.05) is 220 Å². The average molecular weight is 904 g/mol. The average Bonchev–Trinajstić information content (AvgIpc) is 3.83. The maximum Gasteiger partial charge on any atom is 0.305 e. The van der Waals surface area contributed by atoms with E-state index in [0.29, 0.717) is 37.9 Å². The number of ether oxygens (including phenoxy) is 2. The lowest BCUT2D eigenvalue weighted by molar-refractivity contribution is -0.146. The molecular weight excluding hydrogens is 789 g/mol. The molecule has 0 aromatic rings. The van der Waals surface area contributed by atoms with Crippen LogP contribution in [0.4, 0.5) is 0 Å². The molecule has 1 rings (SSSR count). The maximum absolute atomic E-state index is 12.9. The molecule has 0 aromatic heterocycles. The summed E-state index contributed by atoms with van der Waals surface area (Å²) in [6.07, 6.45) is 52.6. The van der Waals surface area contributed by atoms with Gasteiger partial charge in [0.25, 0.3) is 0 Å². The van der Waals surface area contributed by atoms with Gasteiger partial charge < -0.3 is 19.3 Å². The lowest BCUT2D eigenvalue weighted by Crippen LogP contribution is -2.35. The molecule has 380 valence electrons. The van der Waals surface area contributed by atoms with E-state index in [4.69, 9.17) is 9.47 Å². The van der Waals surface area contributed by atoms with Crippen molar-refractivity contribution in [2.45, 2.75) is 297 Å². The minimum absolute atomic E-state index is 0.0186. The molecule has 6 nitrogen and oxygen atoms in total. The Labute approximate surface area is 401 Å². The van der Waals surface area contributed by atoms with Crippen LogP contribution in [0, 0.1) is 11.8 Å². The number of hydrogen-bond donors (Lipinski definition) is 0. The van der Waals surface area contributed by atoms with Crippen LogP contribution in [-0.4, -0.2) is 74.2 Å². The first kappa shape index (κ1) is 60.9. The Morgan fingerprint density at radius 2 is 0.688 bits per heavy atom. The van der Waals surface area contributed by atoms with Crippen LogP contribution in [-0.2, 0) is 19.1 Å². The lowest BCUT2D eigenvalue weighted by atomic mass is 9.94. The summed E-state index contributed by atoms with van der Waals surface area (Å²) in [4.78, 5) is 31.0. The smallest absolute Gasteiger partial charge is 0.305 e. The minimum Gasteiger partial charge on any atom is -0.465 e. The van der Waals surface area contributed by atoms with Crippen LogP contribution in [0.1, 0.15) is 297 Å². The topological polar surface area (TPSA) is 59.1 Å². The Bertz CT molecular complexity index is 904. The second kappa shape index (κ2) is 48.3. The highest BCUT2D eigenvalue weighted by Crippen LogP contribution is 2.22. The van der Waals surface area contributed by atoms with Crippen molar-refractivity contribution in [2.75, 3.05) is 52.5 Å². The van der Waals surface area contributed by atoms with Gasteiger partial charge in [0.15, 0.2) is 0 Å². The summed E-state index contributed by atoms with van der Waals surface area (Å²) < 4.78 is 11.9. The van der Waals surface area contributed by atoms with Crippen molar-refractivity contribution in [2.24, 2.45) is 11.8 Å². The molecule has 1 fully saturated rings. The normalized spacial score (nSPS) is 14.1. The number of carbonyl (C=O) groups excluding carboxylic acids is 2. The van der Waals surface area contributed by atoms with Crippen LogP contribution in [0.15, 0.2) is 0 Å². The van der Waals surface area contributed by atoms with Crippen molar-refractivity contribution in [3.8, 4) is 0 Å². The first-order valence-electron chi connectivity index (χ1n) is 29.3. The second-order valence-corrected chi connectivity index (χ2v) is 20.7. The van der Waals surface area contributed by atoms with E-state index in [-0.39, 0.29) is 11.9 Å². The van der Waals surface area contributed by atoms with E-state index >= 15 is 0 Å². The van der Waals surface area contributed by atoms with Gasteiger partial charge >= 0.3 is 11.9 Å². The van der Waals surface area contributed by atoms with Gasteiger partial charge in [-0.15, -0.1) is 0 Å². The molecule has 0 bridgehead atoms. The molecule has 1 saturated heterocycles. The summed E-state index contributed by atoms with van der Waals surface area (Å²) >= 11 is 0. The molecule has 6 heteroatoms. The van der Waals surface area contributed by atoms with E-state index in [9.17, 15) is 9.59 Å². The zero-order chi connectivity index (χ0) is 46.2. The molecule has 2 atom stereocenters. The largest absolute Gasteiger partial charge is 0.465 e. The van der Waals surface area contributed by atoms with E-state index in [1.54, 1.807) is 0 Å². The zero-order valence-electron chi connectivity index (χ0n) is 44.0. The summed E-state index contributed by atoms with van der Waals surface area (Å²) in [5.74, 6) is 1.10. The van der Waals surface area contributed by atoms with Gasteiger partial charge in [-0.25, -0.2) is 0 Å². The molecule has 1 heterocycles. The number of nitrogens with zero attached hydrogens (tertiary/aromatic N) is 2. The van der Waals surface area contributed by atoms with Gasteiger partial charge in [-0.2, -0.15) is 0 Å². The molecule has 0 spiro atoms. The molecule has 1 aliphatic heterocycles. The Hall–Kier alpha value is -1.14. The molecule has 0 aliphatic carbocycles. The molecule has 64 heavy (non-hydrogen) atoms. The molecule has 0 aromatic carbocycles. The van der Waals surface area contributed by atoms with Crippen LogP contribution in [0.3, 0.4) is 0 Å². The van der Waals surface area contributed by atoms with Gasteiger partial charge in [0.1, 0.15) is 0 Å². The Kier molecular flexibility index (Phi) is 46.0. The summed E-state index contributed by atoms with van der Waals surface area (Å²) in [7, 11) is 0. The molecule has 0 saturated carbocycles. The molecule has 0 radical (unpaired) electrons. The predicted molar refractivity (Wildman–Crippen MR) is 278 cm³/mol. The highest BCUT2D eigenvalue weighted by atomic mass is 16.5. The highest BCUT2D eigenvalue weighted by molar-refractivity contribution is 5.69. The molecular formula is C58H114N2O4. The summed E-state index contributed by atoms with van der Waals surface area (Å²) in [6, 6.07) is 0. The number of hydrogen-bond acceptors (Lipinski definition) is 6. The number of likely N-dealkylation sites (tertiary alicyclic amines) is 1. The van der Waals surface area contributed by atoms with E-state index in [0.717, 1.165) is 64.7 Å². The fourth-order valence-corrected chi connectivity index (χ4v) is 9.94. The van der Waals surface area contributed by atoms with Crippen LogP contribution in [0.5, 0.6) is 0 Å². The van der Waals surface area contributed by atoms with Crippen LogP contribution < -0.4 is 0 Å². The lowest BCUT2D eigenvalue weighted by Gasteiger charge is -2.25. The Balaban J connectivity index is 2.40.